The molecule has 0 saturated carbocycles. The van der Waals surface area contributed by atoms with E-state index in [0.717, 1.165) is 0 Å². The number of ether oxygens (including phenoxy) is 1. The Labute approximate surface area is 117 Å². The number of nitriles is 1. The van der Waals surface area contributed by atoms with Crippen LogP contribution in [-0.2, 0) is 16.8 Å². The fourth-order valence-corrected chi connectivity index (χ4v) is 3.24. The second-order valence-electron chi connectivity index (χ2n) is 5.68. The van der Waals surface area contributed by atoms with Gasteiger partial charge >= 0.3 is 0 Å². The monoisotopic (exact) mass is 276 g/mol. The van der Waals surface area contributed by atoms with E-state index in [0.29, 0.717) is 37.2 Å². The van der Waals surface area contributed by atoms with E-state index in [1.54, 1.807) is 12.1 Å². The van der Waals surface area contributed by atoms with E-state index >= 15 is 0 Å². The molecule has 0 amide bonds. The van der Waals surface area contributed by atoms with Crippen LogP contribution in [0.4, 0.5) is 4.39 Å². The average Bonchev–Trinajstić information content (AvgIpc) is 2.41. The summed E-state index contributed by atoms with van der Waals surface area (Å²) >= 11 is 0. The van der Waals surface area contributed by atoms with E-state index in [1.165, 1.54) is 6.07 Å². The number of aliphatic hydroxyl groups is 1. The van der Waals surface area contributed by atoms with Crippen molar-refractivity contribution < 1.29 is 14.2 Å². The molecule has 0 radical (unpaired) electrons. The molecule has 2 unspecified atom stereocenters. The highest BCUT2D eigenvalue weighted by Crippen LogP contribution is 2.37. The number of morpholine rings is 1. The van der Waals surface area contributed by atoms with Gasteiger partial charge in [-0.3, -0.25) is 0 Å². The minimum atomic E-state index is -0.970. The molecule has 20 heavy (non-hydrogen) atoms. The molecule has 2 fully saturated rings. The molecule has 2 aliphatic heterocycles. The van der Waals surface area contributed by atoms with Crippen LogP contribution in [0.15, 0.2) is 18.2 Å². The molecule has 2 atom stereocenters. The molecule has 3 rings (SSSR count). The maximum absolute atomic E-state index is 13.6. The molecule has 2 saturated heterocycles. The topological polar surface area (TPSA) is 65.3 Å². The van der Waals surface area contributed by atoms with Crippen LogP contribution in [0, 0.1) is 17.1 Å². The van der Waals surface area contributed by atoms with E-state index in [2.05, 4.69) is 5.32 Å². The highest BCUT2D eigenvalue weighted by atomic mass is 19.1. The predicted octanol–water partition coefficient (Wildman–Crippen LogP) is 1.23. The van der Waals surface area contributed by atoms with Gasteiger partial charge in [-0.05, 0) is 30.5 Å². The summed E-state index contributed by atoms with van der Waals surface area (Å²) in [4.78, 5) is 0. The van der Waals surface area contributed by atoms with E-state index in [9.17, 15) is 9.50 Å². The van der Waals surface area contributed by atoms with Gasteiger partial charge in [-0.1, -0.05) is 6.07 Å². The van der Waals surface area contributed by atoms with Crippen LogP contribution >= 0.6 is 0 Å². The molecule has 106 valence electrons. The number of nitrogens with one attached hydrogen (secondary N) is 1. The van der Waals surface area contributed by atoms with Crippen LogP contribution in [0.1, 0.15) is 24.0 Å². The molecule has 1 aromatic carbocycles. The van der Waals surface area contributed by atoms with Crippen LogP contribution in [0.5, 0.6) is 0 Å². The molecular formula is C15H17FN2O2. The van der Waals surface area contributed by atoms with Gasteiger partial charge in [0.05, 0.1) is 31.3 Å². The lowest BCUT2D eigenvalue weighted by atomic mass is 9.77. The van der Waals surface area contributed by atoms with Crippen LogP contribution in [0.25, 0.3) is 0 Å². The highest BCUT2D eigenvalue weighted by Gasteiger charge is 2.42. The van der Waals surface area contributed by atoms with E-state index < -0.39 is 11.4 Å². The summed E-state index contributed by atoms with van der Waals surface area (Å²) in [7, 11) is 0. The van der Waals surface area contributed by atoms with Gasteiger partial charge in [-0.25, -0.2) is 4.39 Å². The van der Waals surface area contributed by atoms with Crippen molar-refractivity contribution in [1.29, 1.82) is 5.26 Å². The van der Waals surface area contributed by atoms with Crippen LogP contribution in [0.3, 0.4) is 0 Å². The van der Waals surface area contributed by atoms with Gasteiger partial charge in [0.15, 0.2) is 0 Å². The molecule has 5 heteroatoms. The second kappa shape index (κ2) is 5.13. The van der Waals surface area contributed by atoms with Crippen LogP contribution in [-0.4, -0.2) is 30.4 Å². The lowest BCUT2D eigenvalue weighted by Crippen LogP contribution is -2.58. The zero-order chi connectivity index (χ0) is 14.2. The van der Waals surface area contributed by atoms with Crippen molar-refractivity contribution in [3.63, 3.8) is 0 Å². The molecule has 0 spiro atoms. The first-order chi connectivity index (χ1) is 9.60. The summed E-state index contributed by atoms with van der Waals surface area (Å²) in [6, 6.07) is 6.79. The van der Waals surface area contributed by atoms with Crippen molar-refractivity contribution in [2.24, 2.45) is 0 Å². The normalized spacial score (nSPS) is 32.6. The summed E-state index contributed by atoms with van der Waals surface area (Å²) in [6.45, 7) is 1.18. The van der Waals surface area contributed by atoms with Crippen molar-refractivity contribution in [3.05, 3.63) is 35.1 Å². The van der Waals surface area contributed by atoms with E-state index in [1.807, 2.05) is 6.07 Å². The van der Waals surface area contributed by atoms with E-state index in [4.69, 9.17) is 10.00 Å². The third-order valence-electron chi connectivity index (χ3n) is 4.13. The Morgan fingerprint density at radius 2 is 2.10 bits per heavy atom. The molecule has 4 nitrogen and oxygen atoms in total. The smallest absolute Gasteiger partial charge is 0.127 e. The highest BCUT2D eigenvalue weighted by molar-refractivity contribution is 5.32. The van der Waals surface area contributed by atoms with Gasteiger partial charge in [-0.15, -0.1) is 0 Å². The molecule has 0 aliphatic carbocycles. The molecular weight excluding hydrogens is 259 g/mol. The maximum atomic E-state index is 13.6. The lowest BCUT2D eigenvalue weighted by molar-refractivity contribution is -0.0802. The Morgan fingerprint density at radius 1 is 1.40 bits per heavy atom. The predicted molar refractivity (Wildman–Crippen MR) is 70.4 cm³/mol. The number of piperidine rings is 1. The quantitative estimate of drug-likeness (QED) is 0.852. The largest absolute Gasteiger partial charge is 0.385 e. The fourth-order valence-electron chi connectivity index (χ4n) is 3.24. The fraction of sp³-hybridized carbons (Fsp3) is 0.533. The zero-order valence-corrected chi connectivity index (χ0v) is 11.1. The average molecular weight is 276 g/mol. The SMILES string of the molecule is N#CCc1cc(C2(O)CC3COCC(C2)N3)ccc1F. The Kier molecular flexibility index (Phi) is 3.47. The minimum Gasteiger partial charge on any atom is -0.385 e. The van der Waals surface area contributed by atoms with Crippen LogP contribution in [0.2, 0.25) is 0 Å². The molecule has 0 aromatic heterocycles. The lowest BCUT2D eigenvalue weighted by Gasteiger charge is -2.45. The third kappa shape index (κ3) is 2.42. The van der Waals surface area contributed by atoms with Gasteiger partial charge in [0.1, 0.15) is 5.82 Å². The Morgan fingerprint density at radius 3 is 2.75 bits per heavy atom. The molecule has 2 bridgehead atoms. The third-order valence-corrected chi connectivity index (χ3v) is 4.13. The van der Waals surface area contributed by atoms with Gasteiger partial charge in [-0.2, -0.15) is 5.26 Å². The van der Waals surface area contributed by atoms with Crippen molar-refractivity contribution in [2.75, 3.05) is 13.2 Å². The van der Waals surface area contributed by atoms with E-state index in [-0.39, 0.29) is 18.5 Å². The Balaban J connectivity index is 1.91. The van der Waals surface area contributed by atoms with Gasteiger partial charge in [0.2, 0.25) is 0 Å². The first kappa shape index (κ1) is 13.5. The van der Waals surface area contributed by atoms with Gasteiger partial charge < -0.3 is 15.2 Å². The molecule has 1 aromatic rings. The molecule has 2 heterocycles. The number of halogens is 1. The van der Waals surface area contributed by atoms with Crippen LogP contribution < -0.4 is 5.32 Å². The number of hydrogen-bond donors (Lipinski definition) is 2. The summed E-state index contributed by atoms with van der Waals surface area (Å²) in [6.07, 6.45) is 1.10. The second-order valence-corrected chi connectivity index (χ2v) is 5.68. The first-order valence-electron chi connectivity index (χ1n) is 6.83. The van der Waals surface area contributed by atoms with Crippen molar-refractivity contribution >= 4 is 0 Å². The van der Waals surface area contributed by atoms with Crippen molar-refractivity contribution in [2.45, 2.75) is 36.9 Å². The number of hydrogen-bond acceptors (Lipinski definition) is 4. The first-order valence-corrected chi connectivity index (χ1v) is 6.83. The number of fused-ring (bicyclic) bond motifs is 2. The molecule has 2 aliphatic rings. The number of benzene rings is 1. The summed E-state index contributed by atoms with van der Waals surface area (Å²) in [5.74, 6) is -0.392. The number of nitrogens with zero attached hydrogens (tertiary/aromatic N) is 1. The minimum absolute atomic E-state index is 0.0178. The Bertz CT molecular complexity index is 543. The standard InChI is InChI=1S/C15H17FN2O2/c16-14-2-1-11(5-10(14)3-4-17)15(19)6-12-8-20-9-13(7-15)18-12/h1-2,5,12-13,18-19H,3,6-9H2. The zero-order valence-electron chi connectivity index (χ0n) is 11.1. The maximum Gasteiger partial charge on any atom is 0.127 e. The van der Waals surface area contributed by atoms with Crippen molar-refractivity contribution in [1.82, 2.24) is 5.32 Å². The van der Waals surface area contributed by atoms with Gasteiger partial charge in [0.25, 0.3) is 0 Å². The van der Waals surface area contributed by atoms with Crippen molar-refractivity contribution in [3.8, 4) is 6.07 Å². The Hall–Kier alpha value is -1.48. The number of rotatable bonds is 2. The molecule has 2 N–H and O–H groups in total. The van der Waals surface area contributed by atoms with Gasteiger partial charge in [0, 0.05) is 17.6 Å². The summed E-state index contributed by atoms with van der Waals surface area (Å²) < 4.78 is 19.1. The summed E-state index contributed by atoms with van der Waals surface area (Å²) in [5, 5.41) is 23.1. The summed E-state index contributed by atoms with van der Waals surface area (Å²) in [5.41, 5.74) is 0.0725.